The lowest BCUT2D eigenvalue weighted by Crippen LogP contribution is -2.37. The summed E-state index contributed by atoms with van der Waals surface area (Å²) in [6.45, 7) is 2.04. The zero-order valence-corrected chi connectivity index (χ0v) is 11.0. The topological polar surface area (TPSA) is 84.7 Å². The molecule has 5 nitrogen and oxygen atoms in total. The van der Waals surface area contributed by atoms with Gasteiger partial charge in [-0.05, 0) is 25.0 Å². The fraction of sp³-hybridized carbons (Fsp3) is 0.333. The van der Waals surface area contributed by atoms with Crippen LogP contribution in [0.15, 0.2) is 29.4 Å². The van der Waals surface area contributed by atoms with Crippen LogP contribution in [0, 0.1) is 0 Å². The van der Waals surface area contributed by atoms with Gasteiger partial charge >= 0.3 is 0 Å². The molecule has 1 atom stereocenters. The molecule has 0 spiro atoms. The van der Waals surface area contributed by atoms with Gasteiger partial charge in [-0.25, -0.2) is 0 Å². The summed E-state index contributed by atoms with van der Waals surface area (Å²) >= 11 is 1.16. The van der Waals surface area contributed by atoms with E-state index in [2.05, 4.69) is 11.2 Å². The van der Waals surface area contributed by atoms with Crippen LogP contribution in [0.3, 0.4) is 0 Å². The van der Waals surface area contributed by atoms with Crippen LogP contribution in [-0.2, 0) is 11.2 Å². The molecular weight excluding hydrogens is 248 g/mol. The zero-order valence-electron chi connectivity index (χ0n) is 10.2. The van der Waals surface area contributed by atoms with Crippen molar-refractivity contribution in [2.45, 2.75) is 19.4 Å². The molecule has 0 saturated heterocycles. The summed E-state index contributed by atoms with van der Waals surface area (Å²) < 4.78 is 0. The van der Waals surface area contributed by atoms with Crippen molar-refractivity contribution >= 4 is 28.5 Å². The second-order valence-electron chi connectivity index (χ2n) is 4.20. The Labute approximate surface area is 110 Å². The first-order chi connectivity index (χ1) is 8.63. The normalized spacial score (nSPS) is 18.8. The maximum Gasteiger partial charge on any atom is 0.237 e. The van der Waals surface area contributed by atoms with E-state index in [1.165, 1.54) is 5.56 Å². The van der Waals surface area contributed by atoms with E-state index in [9.17, 15) is 4.79 Å². The highest BCUT2D eigenvalue weighted by molar-refractivity contribution is 8.14. The molecule has 1 amide bonds. The average Bonchev–Trinajstić information content (AvgIpc) is 2.71. The van der Waals surface area contributed by atoms with Gasteiger partial charge in [0, 0.05) is 11.7 Å². The van der Waals surface area contributed by atoms with Crippen LogP contribution in [-0.4, -0.2) is 22.9 Å². The van der Waals surface area contributed by atoms with Gasteiger partial charge < -0.3 is 16.5 Å². The number of hydrogen-bond donors (Lipinski definition) is 2. The van der Waals surface area contributed by atoms with Gasteiger partial charge in [0.2, 0.25) is 5.91 Å². The first-order valence-electron chi connectivity index (χ1n) is 5.69. The first kappa shape index (κ1) is 12.8. The van der Waals surface area contributed by atoms with Crippen molar-refractivity contribution in [3.05, 3.63) is 29.8 Å². The van der Waals surface area contributed by atoms with Crippen molar-refractivity contribution in [2.24, 2.45) is 16.7 Å². The number of para-hydroxylation sites is 1. The molecule has 96 valence electrons. The third-order valence-electron chi connectivity index (χ3n) is 2.95. The van der Waals surface area contributed by atoms with Gasteiger partial charge in [0.15, 0.2) is 5.17 Å². The predicted octanol–water partition coefficient (Wildman–Crippen LogP) is 0.886. The Hall–Kier alpha value is -1.69. The van der Waals surface area contributed by atoms with Crippen molar-refractivity contribution in [1.82, 2.24) is 0 Å². The van der Waals surface area contributed by atoms with E-state index in [-0.39, 0.29) is 22.9 Å². The Morgan fingerprint density at radius 1 is 1.56 bits per heavy atom. The van der Waals surface area contributed by atoms with Crippen molar-refractivity contribution in [3.63, 3.8) is 0 Å². The molecule has 0 aromatic heterocycles. The molecule has 0 saturated carbocycles. The van der Waals surface area contributed by atoms with E-state index in [0.717, 1.165) is 23.9 Å². The van der Waals surface area contributed by atoms with Crippen molar-refractivity contribution in [3.8, 4) is 0 Å². The molecular formula is C12H16N4OS. The summed E-state index contributed by atoms with van der Waals surface area (Å²) in [7, 11) is 0. The lowest BCUT2D eigenvalue weighted by Gasteiger charge is -2.22. The third-order valence-corrected chi connectivity index (χ3v) is 3.74. The lowest BCUT2D eigenvalue weighted by atomic mass is 10.1. The zero-order chi connectivity index (χ0) is 13.1. The van der Waals surface area contributed by atoms with Crippen LogP contribution in [0.25, 0.3) is 0 Å². The number of anilines is 1. The van der Waals surface area contributed by atoms with Crippen LogP contribution in [0.2, 0.25) is 0 Å². The maximum atomic E-state index is 12.2. The van der Waals surface area contributed by atoms with E-state index in [1.807, 2.05) is 30.0 Å². The van der Waals surface area contributed by atoms with E-state index in [0.29, 0.717) is 0 Å². The summed E-state index contributed by atoms with van der Waals surface area (Å²) in [6.07, 6.45) is 0.896. The largest absolute Gasteiger partial charge is 0.377 e. The average molecular weight is 264 g/mol. The molecule has 0 bridgehead atoms. The number of amides is 1. The quantitative estimate of drug-likeness (QED) is 0.359. The van der Waals surface area contributed by atoms with E-state index in [4.69, 9.17) is 11.6 Å². The maximum absolute atomic E-state index is 12.2. The molecule has 0 radical (unpaired) electrons. The molecule has 1 aromatic rings. The van der Waals surface area contributed by atoms with E-state index in [1.54, 1.807) is 0 Å². The fourth-order valence-corrected chi connectivity index (χ4v) is 2.67. The highest BCUT2D eigenvalue weighted by Gasteiger charge is 2.30. The lowest BCUT2D eigenvalue weighted by molar-refractivity contribution is -0.116. The Bertz CT molecular complexity index is 489. The molecule has 1 aromatic carbocycles. The van der Waals surface area contributed by atoms with Crippen LogP contribution in [0.1, 0.15) is 12.5 Å². The molecule has 1 aliphatic heterocycles. The Morgan fingerprint density at radius 3 is 3.00 bits per heavy atom. The van der Waals surface area contributed by atoms with Gasteiger partial charge in [-0.1, -0.05) is 30.0 Å². The van der Waals surface area contributed by atoms with Crippen LogP contribution in [0.5, 0.6) is 0 Å². The summed E-state index contributed by atoms with van der Waals surface area (Å²) in [4.78, 5) is 14.0. The molecule has 6 heteroatoms. The summed E-state index contributed by atoms with van der Waals surface area (Å²) in [5.74, 6) is 5.32. The van der Waals surface area contributed by atoms with Crippen molar-refractivity contribution in [1.29, 1.82) is 0 Å². The molecule has 1 unspecified atom stereocenters. The number of hydrazone groups is 1. The van der Waals surface area contributed by atoms with Gasteiger partial charge in [-0.3, -0.25) is 4.79 Å². The Balaban J connectivity index is 2.11. The van der Waals surface area contributed by atoms with Crippen LogP contribution >= 0.6 is 11.8 Å². The number of benzene rings is 1. The van der Waals surface area contributed by atoms with E-state index < -0.39 is 0 Å². The van der Waals surface area contributed by atoms with Crippen LogP contribution in [0.4, 0.5) is 5.69 Å². The summed E-state index contributed by atoms with van der Waals surface area (Å²) in [6, 6.07) is 8.16. The Morgan fingerprint density at radius 2 is 2.28 bits per heavy atom. The number of amidine groups is 1. The monoisotopic (exact) mass is 264 g/mol. The molecule has 2 rings (SSSR count). The Kier molecular flexibility index (Phi) is 3.76. The number of thioether (sulfide) groups is 1. The molecule has 4 N–H and O–H groups in total. The second-order valence-corrected chi connectivity index (χ2v) is 5.20. The minimum absolute atomic E-state index is 0.0315. The molecule has 18 heavy (non-hydrogen) atoms. The smallest absolute Gasteiger partial charge is 0.237 e. The summed E-state index contributed by atoms with van der Waals surface area (Å²) in [5, 5.41) is 3.56. The highest BCUT2D eigenvalue weighted by Crippen LogP contribution is 2.32. The van der Waals surface area contributed by atoms with Crippen molar-refractivity contribution < 1.29 is 4.79 Å². The third kappa shape index (κ3) is 2.43. The van der Waals surface area contributed by atoms with Gasteiger partial charge in [0.1, 0.15) is 0 Å². The summed E-state index contributed by atoms with van der Waals surface area (Å²) in [5.41, 5.74) is 7.68. The number of nitrogens with two attached hydrogens (primary N) is 2. The molecule has 1 heterocycles. The number of fused-ring (bicyclic) bond motifs is 1. The van der Waals surface area contributed by atoms with Crippen LogP contribution < -0.4 is 16.5 Å². The molecule has 0 aliphatic carbocycles. The van der Waals surface area contributed by atoms with Crippen molar-refractivity contribution in [2.75, 3.05) is 10.7 Å². The minimum Gasteiger partial charge on any atom is -0.377 e. The fourth-order valence-electron chi connectivity index (χ4n) is 2.19. The first-order valence-corrected chi connectivity index (χ1v) is 6.68. The van der Waals surface area contributed by atoms with E-state index >= 15 is 0 Å². The highest BCUT2D eigenvalue weighted by atomic mass is 32.2. The van der Waals surface area contributed by atoms with Gasteiger partial charge in [0.05, 0.1) is 5.75 Å². The minimum atomic E-state index is 0.0315. The number of nitrogens with zero attached hydrogens (tertiary/aromatic N) is 2. The van der Waals surface area contributed by atoms with Gasteiger partial charge in [-0.2, -0.15) is 5.10 Å². The number of hydrogen-bond acceptors (Lipinski definition) is 4. The second kappa shape index (κ2) is 5.30. The molecule has 1 aliphatic rings. The molecule has 0 fully saturated rings. The number of carbonyl (C=O) groups excluding carboxylic acids is 1. The SMILES string of the molecule is CC1Cc2ccccc2N1C(=O)CSC(N)=NN. The van der Waals surface area contributed by atoms with Gasteiger partial charge in [0.25, 0.3) is 0 Å². The van der Waals surface area contributed by atoms with Gasteiger partial charge in [-0.15, -0.1) is 0 Å². The number of rotatable bonds is 2. The predicted molar refractivity (Wildman–Crippen MR) is 75.4 cm³/mol. The number of carbonyl (C=O) groups is 1. The standard InChI is InChI=1S/C12H16N4OS/c1-8-6-9-4-2-3-5-10(9)16(8)11(17)7-18-12(13)15-14/h2-5,8H,6-7,14H2,1H3,(H2,13,15).